The summed E-state index contributed by atoms with van der Waals surface area (Å²) >= 11 is 7.81. The summed E-state index contributed by atoms with van der Waals surface area (Å²) in [5.41, 5.74) is 6.55. The second-order valence-corrected chi connectivity index (χ2v) is 3.90. The van der Waals surface area contributed by atoms with Gasteiger partial charge < -0.3 is 5.73 Å². The highest BCUT2D eigenvalue weighted by Crippen LogP contribution is 2.30. The lowest BCUT2D eigenvalue weighted by molar-refractivity contribution is 1.08. The molecule has 0 aliphatic carbocycles. The van der Waals surface area contributed by atoms with Gasteiger partial charge in [0, 0.05) is 16.6 Å². The normalized spacial score (nSPS) is 10.8. The average molecular weight is 198 g/mol. The Kier molecular flexibility index (Phi) is 2.05. The minimum atomic E-state index is 0.505. The summed E-state index contributed by atoms with van der Waals surface area (Å²) in [7, 11) is 0. The van der Waals surface area contributed by atoms with Crippen molar-refractivity contribution in [1.82, 2.24) is 0 Å². The second-order valence-electron chi connectivity index (χ2n) is 2.58. The molecule has 0 radical (unpaired) electrons. The van der Waals surface area contributed by atoms with Crippen LogP contribution in [0.3, 0.4) is 0 Å². The Morgan fingerprint density at radius 1 is 1.33 bits per heavy atom. The van der Waals surface area contributed by atoms with E-state index in [-0.39, 0.29) is 0 Å². The number of hydrogen-bond acceptors (Lipinski definition) is 2. The van der Waals surface area contributed by atoms with Crippen LogP contribution in [0.2, 0.25) is 5.02 Å². The summed E-state index contributed by atoms with van der Waals surface area (Å²) in [4.78, 5) is 0. The van der Waals surface area contributed by atoms with Crippen LogP contribution in [-0.2, 0) is 6.54 Å². The number of benzene rings is 1. The molecule has 3 heteroatoms. The highest BCUT2D eigenvalue weighted by molar-refractivity contribution is 7.17. The van der Waals surface area contributed by atoms with Gasteiger partial charge in [-0.1, -0.05) is 17.7 Å². The largest absolute Gasteiger partial charge is 0.326 e. The van der Waals surface area contributed by atoms with Gasteiger partial charge in [-0.05, 0) is 23.1 Å². The molecule has 0 saturated carbocycles. The van der Waals surface area contributed by atoms with Gasteiger partial charge in [0.15, 0.2) is 0 Å². The number of hydrogen-bond donors (Lipinski definition) is 1. The fourth-order valence-corrected chi connectivity index (χ4v) is 2.37. The molecule has 0 spiro atoms. The average Bonchev–Trinajstić information content (AvgIpc) is 2.53. The van der Waals surface area contributed by atoms with Crippen molar-refractivity contribution in [3.63, 3.8) is 0 Å². The van der Waals surface area contributed by atoms with Crippen LogP contribution in [0.15, 0.2) is 23.6 Å². The highest BCUT2D eigenvalue weighted by Gasteiger charge is 2.03. The Balaban J connectivity index is 2.78. The second kappa shape index (κ2) is 3.05. The fourth-order valence-electron chi connectivity index (χ4n) is 1.21. The zero-order valence-electron chi connectivity index (χ0n) is 6.38. The van der Waals surface area contributed by atoms with Crippen LogP contribution in [-0.4, -0.2) is 0 Å². The first-order valence-corrected chi connectivity index (χ1v) is 4.93. The molecular weight excluding hydrogens is 190 g/mol. The van der Waals surface area contributed by atoms with Crippen molar-refractivity contribution in [3.8, 4) is 0 Å². The van der Waals surface area contributed by atoms with Crippen LogP contribution < -0.4 is 5.73 Å². The summed E-state index contributed by atoms with van der Waals surface area (Å²) in [6.45, 7) is 0.505. The first kappa shape index (κ1) is 8.05. The highest BCUT2D eigenvalue weighted by atomic mass is 35.5. The third kappa shape index (κ3) is 1.12. The summed E-state index contributed by atoms with van der Waals surface area (Å²) in [5, 5.41) is 3.96. The minimum Gasteiger partial charge on any atom is -0.326 e. The van der Waals surface area contributed by atoms with Crippen LogP contribution in [0.25, 0.3) is 10.1 Å². The van der Waals surface area contributed by atoms with Crippen molar-refractivity contribution < 1.29 is 0 Å². The van der Waals surface area contributed by atoms with E-state index >= 15 is 0 Å². The van der Waals surface area contributed by atoms with E-state index in [1.54, 1.807) is 11.3 Å². The van der Waals surface area contributed by atoms with Crippen LogP contribution in [0, 0.1) is 0 Å². The van der Waals surface area contributed by atoms with Gasteiger partial charge >= 0.3 is 0 Å². The molecule has 0 atom stereocenters. The monoisotopic (exact) mass is 197 g/mol. The first-order chi connectivity index (χ1) is 5.83. The van der Waals surface area contributed by atoms with Crippen LogP contribution >= 0.6 is 22.9 Å². The molecule has 0 bridgehead atoms. The Morgan fingerprint density at radius 2 is 2.17 bits per heavy atom. The maximum absolute atomic E-state index is 6.11. The number of rotatable bonds is 1. The van der Waals surface area contributed by atoms with Crippen LogP contribution in [0.1, 0.15) is 5.56 Å². The van der Waals surface area contributed by atoms with E-state index in [1.807, 2.05) is 17.5 Å². The molecule has 62 valence electrons. The van der Waals surface area contributed by atoms with Gasteiger partial charge in [-0.15, -0.1) is 11.3 Å². The molecule has 0 unspecified atom stereocenters. The van der Waals surface area contributed by atoms with Crippen LogP contribution in [0.5, 0.6) is 0 Å². The summed E-state index contributed by atoms with van der Waals surface area (Å²) in [5.74, 6) is 0. The summed E-state index contributed by atoms with van der Waals surface area (Å²) in [6.07, 6.45) is 0. The number of nitrogens with two attached hydrogens (primary N) is 1. The third-order valence-electron chi connectivity index (χ3n) is 1.87. The molecule has 1 nitrogen and oxygen atoms in total. The van der Waals surface area contributed by atoms with Crippen molar-refractivity contribution >= 4 is 33.0 Å². The quantitative estimate of drug-likeness (QED) is 0.748. The standard InChI is InChI=1S/C9H8ClNS/c10-9-6(5-11)1-2-8-7(9)3-4-12-8/h1-4H,5,11H2. The minimum absolute atomic E-state index is 0.505. The van der Waals surface area contributed by atoms with Crippen molar-refractivity contribution in [2.45, 2.75) is 6.54 Å². The molecular formula is C9H8ClNS. The smallest absolute Gasteiger partial charge is 0.0537 e. The van der Waals surface area contributed by atoms with Crippen molar-refractivity contribution in [2.24, 2.45) is 5.73 Å². The SMILES string of the molecule is NCc1ccc2sccc2c1Cl. The molecule has 0 fully saturated rings. The van der Waals surface area contributed by atoms with Crippen molar-refractivity contribution in [1.29, 1.82) is 0 Å². The Bertz CT molecular complexity index is 408. The van der Waals surface area contributed by atoms with E-state index in [1.165, 1.54) is 4.70 Å². The van der Waals surface area contributed by atoms with E-state index in [4.69, 9.17) is 17.3 Å². The molecule has 0 saturated heterocycles. The number of halogens is 1. The third-order valence-corrected chi connectivity index (χ3v) is 3.20. The van der Waals surface area contributed by atoms with E-state index < -0.39 is 0 Å². The van der Waals surface area contributed by atoms with Gasteiger partial charge in [-0.3, -0.25) is 0 Å². The van der Waals surface area contributed by atoms with E-state index in [0.29, 0.717) is 6.54 Å². The lowest BCUT2D eigenvalue weighted by atomic mass is 10.2. The molecule has 0 aliphatic rings. The maximum Gasteiger partial charge on any atom is 0.0537 e. The molecule has 1 aromatic carbocycles. The van der Waals surface area contributed by atoms with Gasteiger partial charge in [0.25, 0.3) is 0 Å². The van der Waals surface area contributed by atoms with E-state index in [0.717, 1.165) is 16.0 Å². The molecule has 0 aliphatic heterocycles. The fraction of sp³-hybridized carbons (Fsp3) is 0.111. The molecule has 1 aromatic heterocycles. The van der Waals surface area contributed by atoms with E-state index in [9.17, 15) is 0 Å². The van der Waals surface area contributed by atoms with Crippen molar-refractivity contribution in [2.75, 3.05) is 0 Å². The Labute approximate surface area is 79.8 Å². The first-order valence-electron chi connectivity index (χ1n) is 3.67. The van der Waals surface area contributed by atoms with Gasteiger partial charge in [0.1, 0.15) is 0 Å². The lowest BCUT2D eigenvalue weighted by Crippen LogP contribution is -1.96. The number of thiophene rings is 1. The lowest BCUT2D eigenvalue weighted by Gasteiger charge is -2.00. The predicted octanol–water partition coefficient (Wildman–Crippen LogP) is 3.01. The molecule has 2 N–H and O–H groups in total. The maximum atomic E-state index is 6.11. The van der Waals surface area contributed by atoms with Gasteiger partial charge in [-0.2, -0.15) is 0 Å². The Morgan fingerprint density at radius 3 is 2.92 bits per heavy atom. The zero-order valence-corrected chi connectivity index (χ0v) is 7.95. The summed E-state index contributed by atoms with van der Waals surface area (Å²) < 4.78 is 1.22. The Hall–Kier alpha value is -0.570. The van der Waals surface area contributed by atoms with Gasteiger partial charge in [0.05, 0.1) is 5.02 Å². The van der Waals surface area contributed by atoms with E-state index in [2.05, 4.69) is 6.07 Å². The molecule has 0 amide bonds. The topological polar surface area (TPSA) is 26.0 Å². The molecule has 12 heavy (non-hydrogen) atoms. The van der Waals surface area contributed by atoms with Crippen molar-refractivity contribution in [3.05, 3.63) is 34.2 Å². The summed E-state index contributed by atoms with van der Waals surface area (Å²) in [6, 6.07) is 6.08. The van der Waals surface area contributed by atoms with Crippen LogP contribution in [0.4, 0.5) is 0 Å². The number of fused-ring (bicyclic) bond motifs is 1. The predicted molar refractivity (Wildman–Crippen MR) is 54.7 cm³/mol. The molecule has 2 aromatic rings. The van der Waals surface area contributed by atoms with Gasteiger partial charge in [-0.25, -0.2) is 0 Å². The zero-order chi connectivity index (χ0) is 8.55. The van der Waals surface area contributed by atoms with Gasteiger partial charge in [0.2, 0.25) is 0 Å². The molecule has 2 rings (SSSR count). The molecule has 1 heterocycles.